The number of nitrogens with one attached hydrogen (secondary N) is 1. The molecule has 0 radical (unpaired) electrons. The third-order valence-corrected chi connectivity index (χ3v) is 7.72. The Labute approximate surface area is 243 Å². The summed E-state index contributed by atoms with van der Waals surface area (Å²) in [6.45, 7) is 2.14. The zero-order chi connectivity index (χ0) is 30.2. The normalized spacial score (nSPS) is 18.3. The molecule has 3 N–H and O–H groups in total. The highest BCUT2D eigenvalue weighted by atomic mass is 16.8. The van der Waals surface area contributed by atoms with E-state index in [4.69, 9.17) is 9.47 Å². The van der Waals surface area contributed by atoms with Crippen molar-refractivity contribution >= 4 is 23.3 Å². The first kappa shape index (κ1) is 34.3. The molecule has 10 nitrogen and oxygen atoms in total. The lowest BCUT2D eigenvalue weighted by Crippen LogP contribution is -2.43. The van der Waals surface area contributed by atoms with E-state index in [0.717, 1.165) is 57.8 Å². The number of nitrogens with zero attached hydrogens (tertiary/aromatic N) is 1. The predicted molar refractivity (Wildman–Crippen MR) is 156 cm³/mol. The average molecular weight is 576 g/mol. The van der Waals surface area contributed by atoms with Crippen molar-refractivity contribution in [2.75, 3.05) is 19.4 Å². The number of hydrogen-bond donors (Lipinski definition) is 3. The number of ketones is 1. The summed E-state index contributed by atoms with van der Waals surface area (Å²) in [6.07, 6.45) is 13.3. The van der Waals surface area contributed by atoms with Gasteiger partial charge in [0.2, 0.25) is 5.91 Å². The first-order valence-corrected chi connectivity index (χ1v) is 14.8. The minimum atomic E-state index is -0.948. The van der Waals surface area contributed by atoms with Gasteiger partial charge in [-0.2, -0.15) is 0 Å². The number of allylic oxidation sites excluding steroid dienone is 1. The van der Waals surface area contributed by atoms with E-state index in [2.05, 4.69) is 12.2 Å². The third-order valence-electron chi connectivity index (χ3n) is 7.72. The first-order valence-electron chi connectivity index (χ1n) is 14.8. The van der Waals surface area contributed by atoms with Gasteiger partial charge in [0.1, 0.15) is 17.6 Å². The zero-order valence-electron chi connectivity index (χ0n) is 24.7. The second-order valence-electron chi connectivity index (χ2n) is 10.8. The molecule has 230 valence electrons. The fourth-order valence-corrected chi connectivity index (χ4v) is 5.36. The Morgan fingerprint density at radius 3 is 2.61 bits per heavy atom. The number of unbranched alkanes of at least 4 members (excludes halogenated alkanes) is 5. The largest absolute Gasteiger partial charge is 0.733 e. The number of amides is 1. The number of aliphatic hydroxyl groups excluding tert-OH is 1. The Morgan fingerprint density at radius 2 is 1.93 bits per heavy atom. The molecule has 0 saturated heterocycles. The van der Waals surface area contributed by atoms with E-state index in [-0.39, 0.29) is 47.2 Å². The third kappa shape index (κ3) is 11.8. The van der Waals surface area contributed by atoms with Crippen molar-refractivity contribution in [3.63, 3.8) is 0 Å². The smallest absolute Gasteiger partial charge is 0.328 e. The monoisotopic (exact) mass is 575 g/mol. The molecule has 1 aromatic rings. The molecule has 1 saturated carbocycles. The van der Waals surface area contributed by atoms with Crippen LogP contribution in [0.3, 0.4) is 0 Å². The molecular weight excluding hydrogens is 528 g/mol. The molecule has 0 aromatic heterocycles. The fraction of sp³-hybridized carbons (Fsp3) is 0.645. The van der Waals surface area contributed by atoms with Crippen molar-refractivity contribution in [1.82, 2.24) is 5.32 Å². The predicted octanol–water partition coefficient (Wildman–Crippen LogP) is 5.02. The van der Waals surface area contributed by atoms with E-state index >= 15 is 0 Å². The van der Waals surface area contributed by atoms with Crippen molar-refractivity contribution in [2.24, 2.45) is 11.8 Å². The van der Waals surface area contributed by atoms with E-state index in [1.807, 2.05) is 12.2 Å². The number of Topliss-reactive ketones (excluding diaryl/α,β-unsaturated/α-hetero) is 1. The van der Waals surface area contributed by atoms with Gasteiger partial charge in [-0.25, -0.2) is 4.79 Å². The number of esters is 1. The fourth-order valence-electron chi connectivity index (χ4n) is 5.36. The van der Waals surface area contributed by atoms with Gasteiger partial charge in [-0.15, -0.1) is 0 Å². The Balaban J connectivity index is 1.76. The summed E-state index contributed by atoms with van der Waals surface area (Å²) in [7, 11) is 2.60. The zero-order valence-corrected chi connectivity index (χ0v) is 24.7. The van der Waals surface area contributed by atoms with E-state index in [9.17, 15) is 29.9 Å². The Bertz CT molecular complexity index is 996. The number of benzene rings is 1. The maximum Gasteiger partial charge on any atom is 0.328 e. The first-order chi connectivity index (χ1) is 19.7. The molecule has 2 rings (SSSR count). The van der Waals surface area contributed by atoms with Gasteiger partial charge in [0.25, 0.3) is 0 Å². The van der Waals surface area contributed by atoms with Crippen LogP contribution in [0.15, 0.2) is 30.4 Å². The van der Waals surface area contributed by atoms with Crippen LogP contribution in [-0.4, -0.2) is 54.3 Å². The standard InChI is InChI=1S/C31H47N2O8/c1-4-5-8-11-24(34)17-15-23-16-18-28(35)25(23)12-9-6-7-10-13-30(36)32-26(31(37)41-3)20-22-14-19-29(40-2)27(21-22)33(38)39/h14-15,17,19,21,23-26,34,38H,4-13,16,18,20H2,1-3H3,(H,32,36)/q-1/t23-,24-,25-,26+/m1/s1. The molecule has 1 aromatic carbocycles. The number of anilines is 1. The number of rotatable bonds is 19. The Hall–Kier alpha value is -2.95. The van der Waals surface area contributed by atoms with Crippen LogP contribution in [-0.2, 0) is 25.5 Å². The van der Waals surface area contributed by atoms with Crippen LogP contribution in [0.2, 0.25) is 0 Å². The van der Waals surface area contributed by atoms with Gasteiger partial charge in [-0.05, 0) is 49.3 Å². The minimum Gasteiger partial charge on any atom is -0.733 e. The molecule has 0 unspecified atom stereocenters. The van der Waals surface area contributed by atoms with Gasteiger partial charge in [0.15, 0.2) is 0 Å². The highest BCUT2D eigenvalue weighted by molar-refractivity contribution is 5.85. The summed E-state index contributed by atoms with van der Waals surface area (Å²) >= 11 is 0. The van der Waals surface area contributed by atoms with Gasteiger partial charge >= 0.3 is 5.97 Å². The van der Waals surface area contributed by atoms with Crippen molar-refractivity contribution in [3.8, 4) is 5.75 Å². The SMILES string of the molecule is CCCCC[C@@H](O)C=C[C@@H]1CCC(=O)[C@@H]1CCCCCCC(=O)N[C@@H](Cc1ccc(OC)c(N([O-])O)c1)C(=O)OC. The summed E-state index contributed by atoms with van der Waals surface area (Å²) in [5.41, 5.74) is 0.425. The van der Waals surface area contributed by atoms with Crippen LogP contribution in [0, 0.1) is 17.0 Å². The minimum absolute atomic E-state index is 0.0104. The van der Waals surface area contributed by atoms with E-state index in [1.54, 1.807) is 6.07 Å². The highest BCUT2D eigenvalue weighted by Crippen LogP contribution is 2.34. The van der Waals surface area contributed by atoms with Crippen molar-refractivity contribution < 1.29 is 34.2 Å². The molecule has 4 atom stereocenters. The van der Waals surface area contributed by atoms with Gasteiger partial charge < -0.3 is 30.3 Å². The molecule has 41 heavy (non-hydrogen) atoms. The summed E-state index contributed by atoms with van der Waals surface area (Å²) in [5.74, 6) is -0.214. The maximum absolute atomic E-state index is 12.6. The van der Waals surface area contributed by atoms with Crippen LogP contribution in [0.4, 0.5) is 5.69 Å². The average Bonchev–Trinajstić information content (AvgIpc) is 3.31. The van der Waals surface area contributed by atoms with Gasteiger partial charge in [-0.1, -0.05) is 63.7 Å². The van der Waals surface area contributed by atoms with E-state index in [0.29, 0.717) is 24.2 Å². The van der Waals surface area contributed by atoms with Gasteiger partial charge in [-0.3, -0.25) is 14.8 Å². The van der Waals surface area contributed by atoms with Gasteiger partial charge in [0, 0.05) is 25.2 Å². The summed E-state index contributed by atoms with van der Waals surface area (Å²) in [6, 6.07) is 3.58. The molecular formula is C31H47N2O8-. The second-order valence-corrected chi connectivity index (χ2v) is 10.8. The molecule has 1 aliphatic carbocycles. The molecule has 1 amide bonds. The topological polar surface area (TPSA) is 148 Å². The number of carbonyl (C=O) groups is 3. The van der Waals surface area contributed by atoms with Crippen molar-refractivity contribution in [1.29, 1.82) is 0 Å². The lowest BCUT2D eigenvalue weighted by atomic mass is 9.89. The van der Waals surface area contributed by atoms with E-state index in [1.165, 1.54) is 26.4 Å². The Kier molecular flexibility index (Phi) is 15.4. The molecule has 1 aliphatic rings. The van der Waals surface area contributed by atoms with Crippen molar-refractivity contribution in [2.45, 2.75) is 103 Å². The number of carbonyl (C=O) groups excluding carboxylic acids is 3. The molecule has 0 spiro atoms. The van der Waals surface area contributed by atoms with Crippen LogP contribution in [0.25, 0.3) is 0 Å². The van der Waals surface area contributed by atoms with Crippen LogP contribution in [0.1, 0.15) is 89.5 Å². The second kappa shape index (κ2) is 18.5. The summed E-state index contributed by atoms with van der Waals surface area (Å²) in [5, 5.41) is 33.3. The number of hydrogen-bond acceptors (Lipinski definition) is 9. The number of aliphatic hydroxyl groups is 1. The summed E-state index contributed by atoms with van der Waals surface area (Å²) in [4.78, 5) is 37.3. The lowest BCUT2D eigenvalue weighted by Gasteiger charge is -2.25. The van der Waals surface area contributed by atoms with Crippen LogP contribution >= 0.6 is 0 Å². The van der Waals surface area contributed by atoms with Gasteiger partial charge in [0.05, 0.1) is 26.0 Å². The molecule has 0 aliphatic heterocycles. The summed E-state index contributed by atoms with van der Waals surface area (Å²) < 4.78 is 9.89. The molecule has 0 bridgehead atoms. The maximum atomic E-state index is 12.6. The quantitative estimate of drug-likeness (QED) is 0.0894. The van der Waals surface area contributed by atoms with Crippen LogP contribution in [0.5, 0.6) is 5.75 Å². The Morgan fingerprint density at radius 1 is 1.17 bits per heavy atom. The van der Waals surface area contributed by atoms with Crippen molar-refractivity contribution in [3.05, 3.63) is 41.1 Å². The number of ether oxygens (including phenoxy) is 2. The molecule has 0 heterocycles. The highest BCUT2D eigenvalue weighted by Gasteiger charge is 2.32. The van der Waals surface area contributed by atoms with Crippen LogP contribution < -0.4 is 15.3 Å². The lowest BCUT2D eigenvalue weighted by molar-refractivity contribution is -0.145. The molecule has 1 fully saturated rings. The van der Waals surface area contributed by atoms with E-state index < -0.39 is 18.1 Å². The molecule has 10 heteroatoms. The number of methoxy groups -OCH3 is 2.